The number of anilines is 1. The molecule has 2 unspecified atom stereocenters. The maximum Gasteiger partial charge on any atom is 0.0564 e. The van der Waals surface area contributed by atoms with E-state index in [9.17, 15) is 0 Å². The minimum absolute atomic E-state index is 0.373. The molecule has 98 valence electrons. The average Bonchev–Trinajstić information content (AvgIpc) is 2.65. The summed E-state index contributed by atoms with van der Waals surface area (Å²) in [6, 6.07) is 8.52. The van der Waals surface area contributed by atoms with Gasteiger partial charge in [-0.15, -0.1) is 11.8 Å². The molecule has 0 radical (unpaired) electrons. The summed E-state index contributed by atoms with van der Waals surface area (Å²) in [5, 5.41) is 4.64. The molecule has 2 nitrogen and oxygen atoms in total. The van der Waals surface area contributed by atoms with E-state index in [1.807, 2.05) is 30.1 Å². The molecule has 1 aliphatic rings. The van der Waals surface area contributed by atoms with E-state index >= 15 is 0 Å². The zero-order valence-corrected chi connectivity index (χ0v) is 13.4. The Morgan fingerprint density at radius 3 is 2.95 bits per heavy atom. The minimum Gasteiger partial charge on any atom is -0.381 e. The van der Waals surface area contributed by atoms with Gasteiger partial charge in [-0.3, -0.25) is 4.98 Å². The van der Waals surface area contributed by atoms with Crippen LogP contribution in [0, 0.1) is 0 Å². The molecule has 3 rings (SSSR count). The molecule has 0 saturated heterocycles. The summed E-state index contributed by atoms with van der Waals surface area (Å²) in [4.78, 5) is 5.37. The fourth-order valence-corrected chi connectivity index (χ4v) is 4.16. The number of thioether (sulfide) groups is 1. The molecular weight excluding hydrogens is 344 g/mol. The van der Waals surface area contributed by atoms with Gasteiger partial charge in [0.05, 0.1) is 5.25 Å². The highest BCUT2D eigenvalue weighted by Crippen LogP contribution is 2.46. The maximum absolute atomic E-state index is 6.04. The summed E-state index contributed by atoms with van der Waals surface area (Å²) in [5.41, 5.74) is 2.45. The molecule has 1 N–H and O–H groups in total. The summed E-state index contributed by atoms with van der Waals surface area (Å²) in [5.74, 6) is 0. The molecule has 0 fully saturated rings. The summed E-state index contributed by atoms with van der Waals surface area (Å²) >= 11 is 11.3. The van der Waals surface area contributed by atoms with Crippen molar-refractivity contribution in [2.75, 3.05) is 5.32 Å². The molecule has 19 heavy (non-hydrogen) atoms. The predicted octanol–water partition coefficient (Wildman–Crippen LogP) is 5.14. The van der Waals surface area contributed by atoms with E-state index in [0.717, 1.165) is 20.1 Å². The predicted molar refractivity (Wildman–Crippen MR) is 85.1 cm³/mol. The summed E-state index contributed by atoms with van der Waals surface area (Å²) < 4.78 is 1.01. The second-order valence-electron chi connectivity index (χ2n) is 4.54. The highest BCUT2D eigenvalue weighted by atomic mass is 79.9. The van der Waals surface area contributed by atoms with Crippen LogP contribution >= 0.6 is 39.3 Å². The SMILES string of the molecule is CC1Nc2cc(Cl)ccc2C1Sc1cncc(Br)c1. The van der Waals surface area contributed by atoms with E-state index in [-0.39, 0.29) is 0 Å². The first kappa shape index (κ1) is 13.3. The fourth-order valence-electron chi connectivity index (χ4n) is 2.26. The van der Waals surface area contributed by atoms with Crippen LogP contribution in [0.1, 0.15) is 17.7 Å². The number of hydrogen-bond acceptors (Lipinski definition) is 3. The van der Waals surface area contributed by atoms with Crippen LogP contribution in [0.2, 0.25) is 5.02 Å². The molecule has 0 spiro atoms. The van der Waals surface area contributed by atoms with Crippen molar-refractivity contribution >= 4 is 45.0 Å². The normalized spacial score (nSPS) is 21.0. The molecule has 0 bridgehead atoms. The topological polar surface area (TPSA) is 24.9 Å². The van der Waals surface area contributed by atoms with Crippen molar-refractivity contribution in [3.8, 4) is 0 Å². The summed E-state index contributed by atoms with van der Waals surface area (Å²) in [6.45, 7) is 2.19. The lowest BCUT2D eigenvalue weighted by Gasteiger charge is -2.15. The van der Waals surface area contributed by atoms with Crippen LogP contribution in [0.25, 0.3) is 0 Å². The molecule has 0 saturated carbocycles. The van der Waals surface area contributed by atoms with Crippen molar-refractivity contribution in [3.63, 3.8) is 0 Å². The van der Waals surface area contributed by atoms with Crippen LogP contribution in [-0.4, -0.2) is 11.0 Å². The second kappa shape index (κ2) is 5.35. The fraction of sp³-hybridized carbons (Fsp3) is 0.214. The number of nitrogens with zero attached hydrogens (tertiary/aromatic N) is 1. The molecule has 2 heterocycles. The van der Waals surface area contributed by atoms with E-state index < -0.39 is 0 Å². The molecule has 0 aliphatic carbocycles. The molecule has 1 aromatic carbocycles. The lowest BCUT2D eigenvalue weighted by molar-refractivity contribution is 0.819. The van der Waals surface area contributed by atoms with Crippen LogP contribution in [0.4, 0.5) is 5.69 Å². The molecule has 0 amide bonds. The van der Waals surface area contributed by atoms with Crippen molar-refractivity contribution in [1.82, 2.24) is 4.98 Å². The standard InChI is InChI=1S/C14H12BrClN2S/c1-8-14(19-11-4-9(15)6-17-7-11)12-3-2-10(16)5-13(12)18-8/h2-8,14,18H,1H3. The van der Waals surface area contributed by atoms with Gasteiger partial charge in [-0.05, 0) is 46.6 Å². The molecule has 1 aromatic heterocycles. The van der Waals surface area contributed by atoms with Crippen LogP contribution in [0.15, 0.2) is 46.0 Å². The first-order valence-corrected chi connectivity index (χ1v) is 8.02. The van der Waals surface area contributed by atoms with Crippen molar-refractivity contribution < 1.29 is 0 Å². The zero-order valence-electron chi connectivity index (χ0n) is 10.2. The van der Waals surface area contributed by atoms with Gasteiger partial charge in [-0.1, -0.05) is 17.7 Å². The smallest absolute Gasteiger partial charge is 0.0564 e. The molecule has 2 aromatic rings. The van der Waals surface area contributed by atoms with Gasteiger partial charge in [-0.2, -0.15) is 0 Å². The first-order valence-electron chi connectivity index (χ1n) is 5.96. The molecule has 1 aliphatic heterocycles. The quantitative estimate of drug-likeness (QED) is 0.807. The minimum atomic E-state index is 0.373. The van der Waals surface area contributed by atoms with Crippen LogP contribution < -0.4 is 5.32 Å². The molecule has 2 atom stereocenters. The van der Waals surface area contributed by atoms with Gasteiger partial charge in [0.1, 0.15) is 0 Å². The number of aromatic nitrogens is 1. The van der Waals surface area contributed by atoms with Crippen LogP contribution in [0.3, 0.4) is 0 Å². The third kappa shape index (κ3) is 2.76. The van der Waals surface area contributed by atoms with Gasteiger partial charge in [0, 0.05) is 38.5 Å². The van der Waals surface area contributed by atoms with Crippen LogP contribution in [-0.2, 0) is 0 Å². The van der Waals surface area contributed by atoms with Crippen molar-refractivity contribution in [2.45, 2.75) is 23.1 Å². The maximum atomic E-state index is 6.04. The third-order valence-electron chi connectivity index (χ3n) is 3.10. The van der Waals surface area contributed by atoms with Crippen LogP contribution in [0.5, 0.6) is 0 Å². The lowest BCUT2D eigenvalue weighted by atomic mass is 10.1. The van der Waals surface area contributed by atoms with Gasteiger partial charge in [0.15, 0.2) is 0 Å². The van der Waals surface area contributed by atoms with Gasteiger partial charge in [0.25, 0.3) is 0 Å². The number of halogens is 2. The largest absolute Gasteiger partial charge is 0.381 e. The van der Waals surface area contributed by atoms with Crippen molar-refractivity contribution in [2.24, 2.45) is 0 Å². The number of rotatable bonds is 2. The number of pyridine rings is 1. The van der Waals surface area contributed by atoms with E-state index in [0.29, 0.717) is 11.3 Å². The monoisotopic (exact) mass is 354 g/mol. The summed E-state index contributed by atoms with van der Waals surface area (Å²) in [6.07, 6.45) is 3.70. The van der Waals surface area contributed by atoms with Gasteiger partial charge in [0.2, 0.25) is 0 Å². The number of fused-ring (bicyclic) bond motifs is 1. The van der Waals surface area contributed by atoms with E-state index in [1.54, 1.807) is 6.20 Å². The van der Waals surface area contributed by atoms with Gasteiger partial charge in [-0.25, -0.2) is 0 Å². The highest BCUT2D eigenvalue weighted by molar-refractivity contribution is 9.10. The Morgan fingerprint density at radius 1 is 1.32 bits per heavy atom. The van der Waals surface area contributed by atoms with E-state index in [1.165, 1.54) is 5.56 Å². The first-order chi connectivity index (χ1) is 9.13. The Bertz CT molecular complexity index is 620. The Hall–Kier alpha value is -0.710. The Labute approximate surface area is 130 Å². The van der Waals surface area contributed by atoms with E-state index in [4.69, 9.17) is 11.6 Å². The second-order valence-corrected chi connectivity index (χ2v) is 7.11. The average molecular weight is 356 g/mol. The van der Waals surface area contributed by atoms with Gasteiger partial charge < -0.3 is 5.32 Å². The zero-order chi connectivity index (χ0) is 13.4. The Kier molecular flexibility index (Phi) is 3.74. The Morgan fingerprint density at radius 2 is 2.16 bits per heavy atom. The molecule has 5 heteroatoms. The van der Waals surface area contributed by atoms with Gasteiger partial charge >= 0.3 is 0 Å². The number of benzene rings is 1. The van der Waals surface area contributed by atoms with Crippen molar-refractivity contribution in [3.05, 3.63) is 51.7 Å². The number of hydrogen-bond donors (Lipinski definition) is 1. The molecular formula is C14H12BrClN2S. The number of nitrogens with one attached hydrogen (secondary N) is 1. The Balaban J connectivity index is 1.90. The third-order valence-corrected chi connectivity index (χ3v) is 5.18. The van der Waals surface area contributed by atoms with Crippen molar-refractivity contribution in [1.29, 1.82) is 0 Å². The highest BCUT2D eigenvalue weighted by Gasteiger charge is 2.29. The lowest BCUT2D eigenvalue weighted by Crippen LogP contribution is -2.13. The summed E-state index contributed by atoms with van der Waals surface area (Å²) in [7, 11) is 0. The van der Waals surface area contributed by atoms with E-state index in [2.05, 4.69) is 45.3 Å².